The number of hydrogen-bond donors (Lipinski definition) is 3. The van der Waals surface area contributed by atoms with Crippen molar-refractivity contribution in [3.63, 3.8) is 0 Å². The van der Waals surface area contributed by atoms with Gasteiger partial charge < -0.3 is 15.9 Å². The Morgan fingerprint density at radius 2 is 2.00 bits per heavy atom. The molecule has 0 saturated heterocycles. The van der Waals surface area contributed by atoms with Gasteiger partial charge in [-0.2, -0.15) is 0 Å². The van der Waals surface area contributed by atoms with Crippen molar-refractivity contribution in [2.75, 3.05) is 0 Å². The predicted molar refractivity (Wildman–Crippen MR) is 61.9 cm³/mol. The summed E-state index contributed by atoms with van der Waals surface area (Å²) in [7, 11) is 0. The molecule has 0 aliphatic rings. The van der Waals surface area contributed by atoms with Crippen molar-refractivity contribution in [1.82, 2.24) is 0 Å². The van der Waals surface area contributed by atoms with Crippen LogP contribution in [-0.4, -0.2) is 22.2 Å². The van der Waals surface area contributed by atoms with Crippen molar-refractivity contribution >= 4 is 11.9 Å². The van der Waals surface area contributed by atoms with Gasteiger partial charge in [-0.25, -0.2) is 9.18 Å². The monoisotopic (exact) mass is 255 g/mol. The Morgan fingerprint density at radius 3 is 2.50 bits per heavy atom. The summed E-state index contributed by atoms with van der Waals surface area (Å²) in [4.78, 5) is 21.3. The van der Waals surface area contributed by atoms with E-state index in [1.165, 1.54) is 13.0 Å². The molecule has 0 amide bonds. The normalized spacial score (nSPS) is 12.2. The Kier molecular flexibility index (Phi) is 4.38. The lowest BCUT2D eigenvalue weighted by atomic mass is 9.97. The average Bonchev–Trinajstić information content (AvgIpc) is 2.28. The van der Waals surface area contributed by atoms with Gasteiger partial charge in [0.05, 0.1) is 5.56 Å². The van der Waals surface area contributed by atoms with Crippen molar-refractivity contribution in [3.05, 3.63) is 34.6 Å². The Bertz CT molecular complexity index is 487. The third kappa shape index (κ3) is 3.27. The molecule has 0 bridgehead atoms. The maximum Gasteiger partial charge on any atom is 0.336 e. The Hall–Kier alpha value is -1.95. The molecule has 18 heavy (non-hydrogen) atoms. The number of carbonyl (C=O) groups is 2. The van der Waals surface area contributed by atoms with Gasteiger partial charge in [0, 0.05) is 12.5 Å². The minimum atomic E-state index is -1.24. The number of carboxylic acid groups (broad SMARTS) is 2. The average molecular weight is 255 g/mol. The van der Waals surface area contributed by atoms with E-state index >= 15 is 0 Å². The zero-order valence-corrected chi connectivity index (χ0v) is 9.81. The fraction of sp³-hybridized carbons (Fsp3) is 0.333. The lowest BCUT2D eigenvalue weighted by molar-refractivity contribution is -0.137. The van der Waals surface area contributed by atoms with E-state index in [1.807, 2.05) is 0 Å². The molecule has 1 rings (SSSR count). The van der Waals surface area contributed by atoms with Crippen molar-refractivity contribution in [1.29, 1.82) is 0 Å². The lowest BCUT2D eigenvalue weighted by Gasteiger charge is -2.13. The maximum atomic E-state index is 13.5. The number of halogens is 1. The van der Waals surface area contributed by atoms with Gasteiger partial charge in [0.1, 0.15) is 5.82 Å². The Morgan fingerprint density at radius 1 is 1.39 bits per heavy atom. The molecule has 1 atom stereocenters. The van der Waals surface area contributed by atoms with Crippen molar-refractivity contribution < 1.29 is 24.2 Å². The summed E-state index contributed by atoms with van der Waals surface area (Å²) < 4.78 is 13.5. The second kappa shape index (κ2) is 5.59. The smallest absolute Gasteiger partial charge is 0.336 e. The van der Waals surface area contributed by atoms with Crippen LogP contribution in [-0.2, 0) is 4.79 Å². The molecule has 0 radical (unpaired) electrons. The van der Waals surface area contributed by atoms with E-state index in [0.717, 1.165) is 6.07 Å². The summed E-state index contributed by atoms with van der Waals surface area (Å²) in [6, 6.07) is 1.73. The zero-order chi connectivity index (χ0) is 13.9. The van der Waals surface area contributed by atoms with Gasteiger partial charge >= 0.3 is 11.9 Å². The molecular weight excluding hydrogens is 241 g/mol. The summed E-state index contributed by atoms with van der Waals surface area (Å²) in [6.45, 7) is 1.37. The molecular formula is C12H14FNO4. The summed E-state index contributed by atoms with van der Waals surface area (Å²) in [5.41, 5.74) is 5.88. The van der Waals surface area contributed by atoms with Crippen LogP contribution in [0.4, 0.5) is 4.39 Å². The van der Waals surface area contributed by atoms with Gasteiger partial charge in [-0.1, -0.05) is 0 Å². The van der Waals surface area contributed by atoms with Crippen LogP contribution in [0.3, 0.4) is 0 Å². The van der Waals surface area contributed by atoms with Crippen molar-refractivity contribution in [2.24, 2.45) is 5.73 Å². The van der Waals surface area contributed by atoms with Crippen LogP contribution in [0.25, 0.3) is 0 Å². The van der Waals surface area contributed by atoms with Crippen LogP contribution in [0.15, 0.2) is 12.1 Å². The molecule has 4 N–H and O–H groups in total. The van der Waals surface area contributed by atoms with E-state index in [9.17, 15) is 14.0 Å². The number of aliphatic carboxylic acids is 1. The molecule has 1 aromatic rings. The van der Waals surface area contributed by atoms with E-state index in [2.05, 4.69) is 0 Å². The van der Waals surface area contributed by atoms with Crippen molar-refractivity contribution in [2.45, 2.75) is 25.8 Å². The van der Waals surface area contributed by atoms with Crippen LogP contribution in [0, 0.1) is 12.7 Å². The SMILES string of the molecule is Cc1c(F)cc(C(N)CCC(=O)O)cc1C(=O)O. The van der Waals surface area contributed by atoms with E-state index in [1.54, 1.807) is 0 Å². The van der Waals surface area contributed by atoms with Gasteiger partial charge in [-0.3, -0.25) is 4.79 Å². The molecule has 5 nitrogen and oxygen atoms in total. The largest absolute Gasteiger partial charge is 0.481 e. The van der Waals surface area contributed by atoms with E-state index in [0.29, 0.717) is 0 Å². The lowest BCUT2D eigenvalue weighted by Crippen LogP contribution is -2.14. The number of rotatable bonds is 5. The quantitative estimate of drug-likeness (QED) is 0.743. The highest BCUT2D eigenvalue weighted by molar-refractivity contribution is 5.89. The van der Waals surface area contributed by atoms with Crippen molar-refractivity contribution in [3.8, 4) is 0 Å². The molecule has 0 saturated carbocycles. The summed E-state index contributed by atoms with van der Waals surface area (Å²) >= 11 is 0. The van der Waals surface area contributed by atoms with Crippen LogP contribution >= 0.6 is 0 Å². The standard InChI is InChI=1S/C12H14FNO4/c1-6-8(12(17)18)4-7(5-9(6)13)10(14)2-3-11(15)16/h4-5,10H,2-3,14H2,1H3,(H,15,16)(H,17,18). The molecule has 1 unspecified atom stereocenters. The Labute approximate surface area is 103 Å². The van der Waals surface area contributed by atoms with E-state index in [4.69, 9.17) is 15.9 Å². The van der Waals surface area contributed by atoms with Gasteiger partial charge in [-0.05, 0) is 36.6 Å². The molecule has 98 valence electrons. The first-order chi connectivity index (χ1) is 8.32. The third-order valence-corrected chi connectivity index (χ3v) is 2.69. The predicted octanol–water partition coefficient (Wildman–Crippen LogP) is 1.70. The fourth-order valence-corrected chi connectivity index (χ4v) is 1.58. The fourth-order valence-electron chi connectivity index (χ4n) is 1.58. The summed E-state index contributed by atoms with van der Waals surface area (Å²) in [5.74, 6) is -2.90. The van der Waals surface area contributed by atoms with Crippen LogP contribution in [0.1, 0.15) is 40.4 Å². The van der Waals surface area contributed by atoms with Gasteiger partial charge in [0.15, 0.2) is 0 Å². The number of aromatic carboxylic acids is 1. The zero-order valence-electron chi connectivity index (χ0n) is 9.81. The van der Waals surface area contributed by atoms with Gasteiger partial charge in [0.25, 0.3) is 0 Å². The minimum absolute atomic E-state index is 0.0386. The number of carboxylic acids is 2. The molecule has 0 spiro atoms. The van der Waals surface area contributed by atoms with Crippen LogP contribution in [0.5, 0.6) is 0 Å². The first kappa shape index (κ1) is 14.1. The topological polar surface area (TPSA) is 101 Å². The minimum Gasteiger partial charge on any atom is -0.481 e. The third-order valence-electron chi connectivity index (χ3n) is 2.69. The number of nitrogens with two attached hydrogens (primary N) is 1. The highest BCUT2D eigenvalue weighted by Crippen LogP contribution is 2.22. The van der Waals surface area contributed by atoms with E-state index < -0.39 is 23.8 Å². The maximum absolute atomic E-state index is 13.5. The molecule has 0 aliphatic heterocycles. The number of hydrogen-bond acceptors (Lipinski definition) is 3. The van der Waals surface area contributed by atoms with Gasteiger partial charge in [0.2, 0.25) is 0 Å². The second-order valence-corrected chi connectivity index (χ2v) is 4.02. The molecule has 0 aliphatic carbocycles. The first-order valence-electron chi connectivity index (χ1n) is 5.33. The van der Waals surface area contributed by atoms with Gasteiger partial charge in [-0.15, -0.1) is 0 Å². The van der Waals surface area contributed by atoms with Crippen LogP contribution in [0.2, 0.25) is 0 Å². The molecule has 0 heterocycles. The van der Waals surface area contributed by atoms with Crippen LogP contribution < -0.4 is 5.73 Å². The number of benzene rings is 1. The summed E-state index contributed by atoms with van der Waals surface area (Å²) in [6.07, 6.45) is -0.0318. The molecule has 0 fully saturated rings. The highest BCUT2D eigenvalue weighted by Gasteiger charge is 2.16. The molecule has 6 heteroatoms. The Balaban J connectivity index is 3.03. The second-order valence-electron chi connectivity index (χ2n) is 4.02. The highest BCUT2D eigenvalue weighted by atomic mass is 19.1. The van der Waals surface area contributed by atoms with E-state index in [-0.39, 0.29) is 29.5 Å². The summed E-state index contributed by atoms with van der Waals surface area (Å²) in [5, 5.41) is 17.4. The molecule has 1 aromatic carbocycles. The molecule has 0 aromatic heterocycles. The first-order valence-corrected chi connectivity index (χ1v) is 5.33.